The van der Waals surface area contributed by atoms with Crippen molar-refractivity contribution in [3.63, 3.8) is 0 Å². The molecule has 0 spiro atoms. The average molecular weight is 350 g/mol. The van der Waals surface area contributed by atoms with E-state index in [9.17, 15) is 9.59 Å². The second-order valence-electron chi connectivity index (χ2n) is 5.81. The Morgan fingerprint density at radius 3 is 2.16 bits per heavy atom. The largest absolute Gasteiger partial charge is 0.496 e. The molecule has 1 aliphatic heterocycles. The average Bonchev–Trinajstić information content (AvgIpc) is 2.91. The molecule has 0 bridgehead atoms. The highest BCUT2D eigenvalue weighted by Crippen LogP contribution is 2.29. The van der Waals surface area contributed by atoms with E-state index in [1.807, 2.05) is 0 Å². The van der Waals surface area contributed by atoms with Gasteiger partial charge in [-0.2, -0.15) is 0 Å². The van der Waals surface area contributed by atoms with Gasteiger partial charge < -0.3 is 24.0 Å². The molecule has 1 aromatic carbocycles. The summed E-state index contributed by atoms with van der Waals surface area (Å²) in [6, 6.07) is 5.27. The van der Waals surface area contributed by atoms with Gasteiger partial charge in [0.1, 0.15) is 17.1 Å². The van der Waals surface area contributed by atoms with E-state index in [1.54, 1.807) is 35.1 Å². The SMILES string of the molecule is COCCC(=O)N1CCCN(C(=O)c2c(OC)cccc2OC)CC1. The van der Waals surface area contributed by atoms with Crippen molar-refractivity contribution in [2.75, 3.05) is 54.1 Å². The summed E-state index contributed by atoms with van der Waals surface area (Å²) in [6.07, 6.45) is 1.10. The quantitative estimate of drug-likeness (QED) is 0.776. The van der Waals surface area contributed by atoms with Crippen LogP contribution in [0.15, 0.2) is 18.2 Å². The van der Waals surface area contributed by atoms with Gasteiger partial charge in [0.2, 0.25) is 5.91 Å². The van der Waals surface area contributed by atoms with E-state index in [0.717, 1.165) is 6.42 Å². The second kappa shape index (κ2) is 9.27. The number of carbonyl (C=O) groups is 2. The molecule has 25 heavy (non-hydrogen) atoms. The highest BCUT2D eigenvalue weighted by molar-refractivity contribution is 5.99. The summed E-state index contributed by atoms with van der Waals surface area (Å²) in [5, 5.41) is 0. The van der Waals surface area contributed by atoms with Crippen molar-refractivity contribution in [2.45, 2.75) is 12.8 Å². The lowest BCUT2D eigenvalue weighted by atomic mass is 10.1. The monoisotopic (exact) mass is 350 g/mol. The lowest BCUT2D eigenvalue weighted by molar-refractivity contribution is -0.132. The molecular formula is C18H26N2O5. The topological polar surface area (TPSA) is 68.3 Å². The van der Waals surface area contributed by atoms with Crippen LogP contribution in [-0.4, -0.2) is 75.7 Å². The Labute approximate surface area is 148 Å². The standard InChI is InChI=1S/C18H26N2O5/c1-23-13-8-16(21)19-9-5-10-20(12-11-19)18(22)17-14(24-2)6-4-7-15(17)25-3/h4,6-7H,5,8-13H2,1-3H3. The summed E-state index contributed by atoms with van der Waals surface area (Å²) >= 11 is 0. The van der Waals surface area contributed by atoms with Gasteiger partial charge in [0.15, 0.2) is 0 Å². The van der Waals surface area contributed by atoms with Gasteiger partial charge in [-0.05, 0) is 18.6 Å². The molecule has 0 aromatic heterocycles. The van der Waals surface area contributed by atoms with Gasteiger partial charge in [-0.15, -0.1) is 0 Å². The van der Waals surface area contributed by atoms with Gasteiger partial charge in [0.25, 0.3) is 5.91 Å². The zero-order valence-corrected chi connectivity index (χ0v) is 15.1. The zero-order chi connectivity index (χ0) is 18.2. The van der Waals surface area contributed by atoms with Crippen LogP contribution in [0.5, 0.6) is 11.5 Å². The molecule has 7 heteroatoms. The smallest absolute Gasteiger partial charge is 0.261 e. The maximum absolute atomic E-state index is 13.0. The van der Waals surface area contributed by atoms with Gasteiger partial charge >= 0.3 is 0 Å². The van der Waals surface area contributed by atoms with E-state index in [2.05, 4.69) is 0 Å². The molecule has 2 rings (SSSR count). The predicted molar refractivity (Wildman–Crippen MR) is 93.1 cm³/mol. The minimum absolute atomic E-state index is 0.0611. The number of carbonyl (C=O) groups excluding carboxylic acids is 2. The van der Waals surface area contributed by atoms with E-state index in [-0.39, 0.29) is 11.8 Å². The Hall–Kier alpha value is -2.28. The molecule has 7 nitrogen and oxygen atoms in total. The molecule has 1 aromatic rings. The summed E-state index contributed by atoms with van der Waals surface area (Å²) in [4.78, 5) is 28.7. The molecular weight excluding hydrogens is 324 g/mol. The molecule has 1 aliphatic rings. The summed E-state index contributed by atoms with van der Waals surface area (Å²) in [7, 11) is 4.64. The van der Waals surface area contributed by atoms with Crippen LogP contribution in [0.25, 0.3) is 0 Å². The number of benzene rings is 1. The first-order valence-electron chi connectivity index (χ1n) is 8.39. The maximum Gasteiger partial charge on any atom is 0.261 e. The summed E-state index contributed by atoms with van der Waals surface area (Å²) in [5.41, 5.74) is 0.423. The third kappa shape index (κ3) is 4.63. The van der Waals surface area contributed by atoms with Gasteiger partial charge in [0, 0.05) is 33.3 Å². The van der Waals surface area contributed by atoms with Crippen LogP contribution in [0.3, 0.4) is 0 Å². The maximum atomic E-state index is 13.0. The van der Waals surface area contributed by atoms with Crippen LogP contribution >= 0.6 is 0 Å². The van der Waals surface area contributed by atoms with Crippen LogP contribution in [0, 0.1) is 0 Å². The third-order valence-electron chi connectivity index (χ3n) is 4.30. The van der Waals surface area contributed by atoms with Crippen LogP contribution in [0.2, 0.25) is 0 Å². The van der Waals surface area contributed by atoms with E-state index in [1.165, 1.54) is 14.2 Å². The van der Waals surface area contributed by atoms with E-state index in [0.29, 0.717) is 56.3 Å². The van der Waals surface area contributed by atoms with Gasteiger partial charge in [-0.25, -0.2) is 0 Å². The molecule has 1 fully saturated rings. The molecule has 1 saturated heterocycles. The second-order valence-corrected chi connectivity index (χ2v) is 5.81. The first-order valence-corrected chi connectivity index (χ1v) is 8.39. The third-order valence-corrected chi connectivity index (χ3v) is 4.30. The lowest BCUT2D eigenvalue weighted by Gasteiger charge is -2.23. The van der Waals surface area contributed by atoms with Crippen molar-refractivity contribution in [1.29, 1.82) is 0 Å². The fourth-order valence-corrected chi connectivity index (χ4v) is 2.94. The van der Waals surface area contributed by atoms with Crippen molar-refractivity contribution in [2.24, 2.45) is 0 Å². The molecule has 0 atom stereocenters. The van der Waals surface area contributed by atoms with Gasteiger partial charge in [0.05, 0.1) is 27.2 Å². The number of amides is 2. The molecule has 0 radical (unpaired) electrons. The number of rotatable bonds is 6. The zero-order valence-electron chi connectivity index (χ0n) is 15.1. The van der Waals surface area contributed by atoms with Crippen LogP contribution in [0.4, 0.5) is 0 Å². The normalized spacial score (nSPS) is 14.8. The Morgan fingerprint density at radius 2 is 1.56 bits per heavy atom. The number of methoxy groups -OCH3 is 3. The van der Waals surface area contributed by atoms with Crippen molar-refractivity contribution in [1.82, 2.24) is 9.80 Å². The molecule has 138 valence electrons. The Morgan fingerprint density at radius 1 is 0.960 bits per heavy atom. The fraction of sp³-hybridized carbons (Fsp3) is 0.556. The summed E-state index contributed by atoms with van der Waals surface area (Å²) in [6.45, 7) is 2.66. The van der Waals surface area contributed by atoms with Crippen LogP contribution in [0.1, 0.15) is 23.2 Å². The first kappa shape index (κ1) is 19.1. The minimum atomic E-state index is -0.138. The summed E-state index contributed by atoms with van der Waals surface area (Å²) in [5.74, 6) is 0.898. The number of hydrogen-bond donors (Lipinski definition) is 0. The van der Waals surface area contributed by atoms with Crippen molar-refractivity contribution >= 4 is 11.8 Å². The number of ether oxygens (including phenoxy) is 3. The molecule has 1 heterocycles. The number of nitrogens with zero attached hydrogens (tertiary/aromatic N) is 2. The highest BCUT2D eigenvalue weighted by Gasteiger charge is 2.26. The highest BCUT2D eigenvalue weighted by atomic mass is 16.5. The van der Waals surface area contributed by atoms with Crippen molar-refractivity contribution in [3.05, 3.63) is 23.8 Å². The lowest BCUT2D eigenvalue weighted by Crippen LogP contribution is -2.37. The van der Waals surface area contributed by atoms with Gasteiger partial charge in [-0.1, -0.05) is 6.07 Å². The Balaban J connectivity index is 2.10. The Bertz CT molecular complexity index is 583. The minimum Gasteiger partial charge on any atom is -0.496 e. The molecule has 0 unspecified atom stereocenters. The Kier molecular flexibility index (Phi) is 7.06. The first-order chi connectivity index (χ1) is 12.1. The van der Waals surface area contributed by atoms with Crippen LogP contribution in [-0.2, 0) is 9.53 Å². The molecule has 0 aliphatic carbocycles. The van der Waals surface area contributed by atoms with Gasteiger partial charge in [-0.3, -0.25) is 9.59 Å². The predicted octanol–water partition coefficient (Wildman–Crippen LogP) is 1.41. The van der Waals surface area contributed by atoms with Crippen LogP contribution < -0.4 is 9.47 Å². The summed E-state index contributed by atoms with van der Waals surface area (Å²) < 4.78 is 15.6. The number of hydrogen-bond acceptors (Lipinski definition) is 5. The molecule has 0 N–H and O–H groups in total. The molecule has 2 amide bonds. The molecule has 0 saturated carbocycles. The van der Waals surface area contributed by atoms with E-state index in [4.69, 9.17) is 14.2 Å². The van der Waals surface area contributed by atoms with E-state index < -0.39 is 0 Å². The fourth-order valence-electron chi connectivity index (χ4n) is 2.94. The van der Waals surface area contributed by atoms with E-state index >= 15 is 0 Å². The van der Waals surface area contributed by atoms with Crippen molar-refractivity contribution in [3.8, 4) is 11.5 Å². The van der Waals surface area contributed by atoms with Crippen molar-refractivity contribution < 1.29 is 23.8 Å².